The number of hydrogen-bond donors (Lipinski definition) is 3. The molecule has 1 heterocycles. The second-order valence-electron chi connectivity index (χ2n) is 9.52. The summed E-state index contributed by atoms with van der Waals surface area (Å²) in [5.41, 5.74) is 1.09. The van der Waals surface area contributed by atoms with E-state index in [1.165, 1.54) is 19.2 Å². The van der Waals surface area contributed by atoms with E-state index in [9.17, 15) is 19.5 Å². The number of azo groups is 1. The minimum absolute atomic E-state index is 0.0117. The third-order valence-electron chi connectivity index (χ3n) is 6.80. The lowest BCUT2D eigenvalue weighted by Crippen LogP contribution is -2.12. The van der Waals surface area contributed by atoms with Gasteiger partial charge in [0.1, 0.15) is 17.2 Å². The average molecular weight is 570 g/mol. The number of hydrogen-bond acceptors (Lipinski definition) is 8. The number of anilines is 1. The van der Waals surface area contributed by atoms with Gasteiger partial charge in [-0.1, -0.05) is 72.8 Å². The minimum Gasteiger partial charge on any atom is -0.505 e. The number of rotatable bonds is 6. The highest BCUT2D eigenvalue weighted by Crippen LogP contribution is 2.40. The van der Waals surface area contributed by atoms with Crippen LogP contribution in [0.15, 0.2) is 118 Å². The maximum absolute atomic E-state index is 13.2. The highest BCUT2D eigenvalue weighted by atomic mass is 16.5. The number of para-hydroxylation sites is 1. The normalized spacial score (nSPS) is 11.2. The summed E-state index contributed by atoms with van der Waals surface area (Å²) in [4.78, 5) is 46.3. The van der Waals surface area contributed by atoms with Crippen molar-refractivity contribution >= 4 is 50.6 Å². The number of methoxy groups -OCH3 is 1. The molecule has 0 unspecified atom stereocenters. The molecule has 43 heavy (non-hydrogen) atoms. The monoisotopic (exact) mass is 569 g/mol. The third-order valence-corrected chi connectivity index (χ3v) is 6.80. The highest BCUT2D eigenvalue weighted by molar-refractivity contribution is 6.11. The fourth-order valence-corrected chi connectivity index (χ4v) is 4.68. The number of phenolic OH excluding ortho intramolecular Hbond substituents is 1. The molecule has 0 fully saturated rings. The Balaban J connectivity index is 1.47. The number of fused-ring (bicyclic) bond motifs is 2. The van der Waals surface area contributed by atoms with Crippen molar-refractivity contribution in [1.82, 2.24) is 9.97 Å². The lowest BCUT2D eigenvalue weighted by molar-refractivity contribution is 0.0601. The third kappa shape index (κ3) is 5.32. The highest BCUT2D eigenvalue weighted by Gasteiger charge is 2.20. The molecule has 1 amide bonds. The number of aromatic hydroxyl groups is 1. The number of carbonyl (C=O) groups excluding carboxylic acids is 2. The van der Waals surface area contributed by atoms with E-state index >= 15 is 0 Å². The molecule has 0 saturated heterocycles. The zero-order chi connectivity index (χ0) is 29.9. The first kappa shape index (κ1) is 27.0. The van der Waals surface area contributed by atoms with E-state index < -0.39 is 23.2 Å². The molecule has 210 valence electrons. The van der Waals surface area contributed by atoms with Crippen LogP contribution in [0.1, 0.15) is 20.7 Å². The Morgan fingerprint density at radius 1 is 0.837 bits per heavy atom. The number of benzene rings is 5. The lowest BCUT2D eigenvalue weighted by atomic mass is 10.0. The van der Waals surface area contributed by atoms with E-state index in [0.29, 0.717) is 27.8 Å². The van der Waals surface area contributed by atoms with E-state index in [2.05, 4.69) is 25.5 Å². The number of nitrogens with one attached hydrogen (secondary N) is 2. The van der Waals surface area contributed by atoms with Crippen molar-refractivity contribution in [2.45, 2.75) is 0 Å². The van der Waals surface area contributed by atoms with Crippen molar-refractivity contribution in [3.63, 3.8) is 0 Å². The summed E-state index contributed by atoms with van der Waals surface area (Å²) < 4.78 is 4.97. The van der Waals surface area contributed by atoms with Crippen molar-refractivity contribution < 1.29 is 19.4 Å². The number of carbonyl (C=O) groups is 2. The maximum Gasteiger partial charge on any atom is 0.340 e. The minimum atomic E-state index is -0.718. The Morgan fingerprint density at radius 3 is 2.28 bits per heavy atom. The molecule has 6 rings (SSSR count). The summed E-state index contributed by atoms with van der Waals surface area (Å²) in [6.45, 7) is 0. The number of aromatic nitrogens is 2. The predicted octanol–water partition coefficient (Wildman–Crippen LogP) is 6.90. The molecule has 0 spiro atoms. The molecular formula is C33H23N5O5. The standard InChI is InChI=1S/C33H23N5O5/c1-43-33(42)24-18-26-23(31(40)36-30(35-26)19-10-4-2-5-11-19)17-27(24)37-38-28-22-15-9-8-12-20(22)16-25(29(28)39)32(41)34-21-13-6-3-7-14-21/h2-18,39H,1H3,(H,34,41)(H,35,36,40). The van der Waals surface area contributed by atoms with E-state index in [0.717, 1.165) is 0 Å². The molecule has 0 aliphatic carbocycles. The molecule has 6 aromatic rings. The summed E-state index contributed by atoms with van der Waals surface area (Å²) in [6.07, 6.45) is 0. The lowest BCUT2D eigenvalue weighted by Gasteiger charge is -2.11. The van der Waals surface area contributed by atoms with Gasteiger partial charge in [-0.3, -0.25) is 9.59 Å². The van der Waals surface area contributed by atoms with Crippen molar-refractivity contribution in [3.8, 4) is 17.1 Å². The van der Waals surface area contributed by atoms with Crippen LogP contribution in [0.4, 0.5) is 17.1 Å². The largest absolute Gasteiger partial charge is 0.505 e. The van der Waals surface area contributed by atoms with Gasteiger partial charge < -0.3 is 20.1 Å². The molecule has 1 aromatic heterocycles. The van der Waals surface area contributed by atoms with Crippen molar-refractivity contribution in [2.75, 3.05) is 12.4 Å². The van der Waals surface area contributed by atoms with Gasteiger partial charge in [-0.15, -0.1) is 10.2 Å². The maximum atomic E-state index is 13.2. The van der Waals surface area contributed by atoms with Crippen LogP contribution in [0.2, 0.25) is 0 Å². The summed E-state index contributed by atoms with van der Waals surface area (Å²) in [5, 5.41) is 23.9. The van der Waals surface area contributed by atoms with Gasteiger partial charge in [0.05, 0.1) is 29.1 Å². The Kier molecular flexibility index (Phi) is 7.15. The fraction of sp³-hybridized carbons (Fsp3) is 0.0303. The molecule has 0 radical (unpaired) electrons. The van der Waals surface area contributed by atoms with Crippen molar-refractivity contribution in [3.05, 3.63) is 125 Å². The molecule has 10 heteroatoms. The van der Waals surface area contributed by atoms with Gasteiger partial charge in [0, 0.05) is 16.6 Å². The number of nitrogens with zero attached hydrogens (tertiary/aromatic N) is 3. The van der Waals surface area contributed by atoms with Crippen molar-refractivity contribution in [2.24, 2.45) is 10.2 Å². The number of esters is 1. The van der Waals surface area contributed by atoms with Gasteiger partial charge in [-0.05, 0) is 35.7 Å². The molecule has 0 bridgehead atoms. The Hall–Kier alpha value is -6.16. The Bertz CT molecular complexity index is 2110. The molecule has 0 saturated carbocycles. The number of ether oxygens (including phenoxy) is 1. The van der Waals surface area contributed by atoms with Gasteiger partial charge >= 0.3 is 5.97 Å². The fourth-order valence-electron chi connectivity index (χ4n) is 4.68. The van der Waals surface area contributed by atoms with Crippen LogP contribution in [0.25, 0.3) is 33.1 Å². The van der Waals surface area contributed by atoms with E-state index in [4.69, 9.17) is 4.74 Å². The molecule has 3 N–H and O–H groups in total. The Morgan fingerprint density at radius 2 is 1.53 bits per heavy atom. The number of amides is 1. The molecule has 10 nitrogen and oxygen atoms in total. The van der Waals surface area contributed by atoms with Crippen LogP contribution in [-0.4, -0.2) is 34.1 Å². The van der Waals surface area contributed by atoms with E-state index in [1.54, 1.807) is 66.7 Å². The first-order valence-electron chi connectivity index (χ1n) is 13.2. The molecular weight excluding hydrogens is 546 g/mol. The van der Waals surface area contributed by atoms with Crippen LogP contribution in [0.5, 0.6) is 5.75 Å². The zero-order valence-electron chi connectivity index (χ0n) is 22.7. The van der Waals surface area contributed by atoms with Gasteiger partial charge in [0.15, 0.2) is 5.75 Å². The van der Waals surface area contributed by atoms with E-state index in [1.807, 2.05) is 24.3 Å². The molecule has 0 aliphatic heterocycles. The summed E-state index contributed by atoms with van der Waals surface area (Å²) in [5.74, 6) is -1.32. The smallest absolute Gasteiger partial charge is 0.340 e. The zero-order valence-corrected chi connectivity index (χ0v) is 22.7. The summed E-state index contributed by atoms with van der Waals surface area (Å²) >= 11 is 0. The van der Waals surface area contributed by atoms with Crippen LogP contribution < -0.4 is 10.9 Å². The SMILES string of the molecule is COC(=O)c1cc2nc(-c3ccccc3)[nH]c(=O)c2cc1N=Nc1c(O)c(C(=O)Nc2ccccc2)cc2ccccc12. The van der Waals surface area contributed by atoms with Gasteiger partial charge in [-0.2, -0.15) is 0 Å². The predicted molar refractivity (Wildman–Crippen MR) is 163 cm³/mol. The first-order chi connectivity index (χ1) is 20.9. The van der Waals surface area contributed by atoms with Crippen LogP contribution in [0, 0.1) is 0 Å². The van der Waals surface area contributed by atoms with Crippen LogP contribution in [-0.2, 0) is 4.74 Å². The molecule has 5 aromatic carbocycles. The molecule has 0 aliphatic rings. The summed E-state index contributed by atoms with van der Waals surface area (Å²) in [6, 6.07) is 29.4. The van der Waals surface area contributed by atoms with E-state index in [-0.39, 0.29) is 33.4 Å². The van der Waals surface area contributed by atoms with Crippen LogP contribution >= 0.6 is 0 Å². The number of phenols is 1. The van der Waals surface area contributed by atoms with Gasteiger partial charge in [0.25, 0.3) is 11.5 Å². The average Bonchev–Trinajstić information content (AvgIpc) is 3.04. The van der Waals surface area contributed by atoms with Crippen molar-refractivity contribution in [1.29, 1.82) is 0 Å². The Labute approximate surface area is 244 Å². The number of H-pyrrole nitrogens is 1. The quantitative estimate of drug-likeness (QED) is 0.147. The van der Waals surface area contributed by atoms with Gasteiger partial charge in [0.2, 0.25) is 0 Å². The summed E-state index contributed by atoms with van der Waals surface area (Å²) in [7, 11) is 1.22. The topological polar surface area (TPSA) is 146 Å². The second-order valence-corrected chi connectivity index (χ2v) is 9.52. The van der Waals surface area contributed by atoms with Gasteiger partial charge in [-0.25, -0.2) is 9.78 Å². The van der Waals surface area contributed by atoms with Crippen LogP contribution in [0.3, 0.4) is 0 Å². The number of aromatic amines is 1. The first-order valence-corrected chi connectivity index (χ1v) is 13.2. The molecule has 0 atom stereocenters. The second kappa shape index (κ2) is 11.4.